The molecule has 2 atom stereocenters. The highest BCUT2D eigenvalue weighted by molar-refractivity contribution is 14.1. The Bertz CT molecular complexity index is 487. The van der Waals surface area contributed by atoms with Gasteiger partial charge in [0.1, 0.15) is 12.1 Å². The Balaban J connectivity index is 2.39. The summed E-state index contributed by atoms with van der Waals surface area (Å²) < 4.78 is 1.11. The predicted octanol–water partition coefficient (Wildman–Crippen LogP) is 2.31. The van der Waals surface area contributed by atoms with E-state index in [0.29, 0.717) is 12.8 Å². The van der Waals surface area contributed by atoms with Crippen LogP contribution < -0.4 is 10.2 Å². The number of nitrogens with one attached hydrogen (secondary N) is 1. The summed E-state index contributed by atoms with van der Waals surface area (Å²) in [5.41, 5.74) is 0.797. The van der Waals surface area contributed by atoms with E-state index in [0.717, 1.165) is 9.26 Å². The van der Waals surface area contributed by atoms with Crippen molar-refractivity contribution in [2.75, 3.05) is 4.90 Å². The van der Waals surface area contributed by atoms with Gasteiger partial charge in [0, 0.05) is 9.26 Å². The molecule has 1 heterocycles. The molecule has 2 rings (SSSR count). The van der Waals surface area contributed by atoms with Crippen LogP contribution in [0.4, 0.5) is 5.69 Å². The largest absolute Gasteiger partial charge is 0.342 e. The zero-order valence-electron chi connectivity index (χ0n) is 11.0. The molecular formula is C14H17IN2O2. The summed E-state index contributed by atoms with van der Waals surface area (Å²) in [6.07, 6.45) is 1.22. The van der Waals surface area contributed by atoms with Gasteiger partial charge in [-0.25, -0.2) is 0 Å². The van der Waals surface area contributed by atoms with Crippen LogP contribution in [0.3, 0.4) is 0 Å². The number of carbonyl (C=O) groups excluding carboxylic acids is 2. The molecular weight excluding hydrogens is 355 g/mol. The Morgan fingerprint density at radius 3 is 2.32 bits per heavy atom. The monoisotopic (exact) mass is 372 g/mol. The number of nitrogens with zero attached hydrogens (tertiary/aromatic N) is 1. The molecule has 0 aromatic heterocycles. The van der Waals surface area contributed by atoms with Crippen LogP contribution in [0.25, 0.3) is 0 Å². The summed E-state index contributed by atoms with van der Waals surface area (Å²) in [6.45, 7) is 3.82. The molecule has 1 aliphatic rings. The maximum atomic E-state index is 12.5. The zero-order valence-corrected chi connectivity index (χ0v) is 13.2. The summed E-state index contributed by atoms with van der Waals surface area (Å²) in [5, 5.41) is 2.80. The second-order valence-corrected chi connectivity index (χ2v) is 5.82. The van der Waals surface area contributed by atoms with Gasteiger partial charge in [-0.15, -0.1) is 0 Å². The maximum absolute atomic E-state index is 12.5. The number of piperazine rings is 1. The molecule has 102 valence electrons. The van der Waals surface area contributed by atoms with E-state index < -0.39 is 12.1 Å². The Morgan fingerprint density at radius 2 is 1.79 bits per heavy atom. The van der Waals surface area contributed by atoms with Crippen LogP contribution >= 0.6 is 22.6 Å². The number of halogens is 1. The third-order valence-electron chi connectivity index (χ3n) is 3.37. The lowest BCUT2D eigenvalue weighted by Gasteiger charge is -2.38. The first-order valence-electron chi connectivity index (χ1n) is 6.47. The highest BCUT2D eigenvalue weighted by Gasteiger charge is 2.39. The van der Waals surface area contributed by atoms with Crippen LogP contribution in [0.15, 0.2) is 24.3 Å². The summed E-state index contributed by atoms with van der Waals surface area (Å²) in [5.74, 6) is -0.0809. The number of hydrogen-bond donors (Lipinski definition) is 1. The Kier molecular flexibility index (Phi) is 4.44. The number of carbonyl (C=O) groups is 2. The van der Waals surface area contributed by atoms with Crippen molar-refractivity contribution in [2.45, 2.75) is 38.8 Å². The quantitative estimate of drug-likeness (QED) is 0.828. The van der Waals surface area contributed by atoms with Gasteiger partial charge in [-0.05, 0) is 59.7 Å². The van der Waals surface area contributed by atoms with E-state index >= 15 is 0 Å². The van der Waals surface area contributed by atoms with Crippen LogP contribution in [0, 0.1) is 3.57 Å². The Morgan fingerprint density at radius 1 is 1.16 bits per heavy atom. The fraction of sp³-hybridized carbons (Fsp3) is 0.429. The summed E-state index contributed by atoms with van der Waals surface area (Å²) in [6, 6.07) is 6.87. The molecule has 0 saturated carbocycles. The van der Waals surface area contributed by atoms with Crippen LogP contribution in [-0.2, 0) is 9.59 Å². The van der Waals surface area contributed by atoms with E-state index in [1.54, 1.807) is 4.90 Å². The fourth-order valence-electron chi connectivity index (χ4n) is 2.32. The molecule has 4 nitrogen and oxygen atoms in total. The third kappa shape index (κ3) is 2.75. The number of benzene rings is 1. The molecule has 2 amide bonds. The molecule has 0 bridgehead atoms. The van der Waals surface area contributed by atoms with Crippen LogP contribution in [0.1, 0.15) is 26.7 Å². The van der Waals surface area contributed by atoms with Crippen molar-refractivity contribution in [1.82, 2.24) is 5.32 Å². The molecule has 0 aliphatic carbocycles. The first-order chi connectivity index (χ1) is 9.08. The molecule has 1 N–H and O–H groups in total. The zero-order chi connectivity index (χ0) is 14.0. The van der Waals surface area contributed by atoms with E-state index in [9.17, 15) is 9.59 Å². The average molecular weight is 372 g/mol. The summed E-state index contributed by atoms with van der Waals surface area (Å²) >= 11 is 2.22. The van der Waals surface area contributed by atoms with E-state index in [1.807, 2.05) is 38.1 Å². The van der Waals surface area contributed by atoms with Crippen molar-refractivity contribution in [3.05, 3.63) is 27.8 Å². The van der Waals surface area contributed by atoms with Crippen LogP contribution in [-0.4, -0.2) is 23.9 Å². The third-order valence-corrected chi connectivity index (χ3v) is 4.09. The molecule has 1 aromatic carbocycles. The number of hydrogen-bond acceptors (Lipinski definition) is 2. The lowest BCUT2D eigenvalue weighted by atomic mass is 10.0. The minimum absolute atomic E-state index is 0.0184. The normalized spacial score (nSPS) is 23.4. The van der Waals surface area contributed by atoms with Gasteiger partial charge in [-0.3, -0.25) is 14.5 Å². The Labute approximate surface area is 126 Å². The van der Waals surface area contributed by atoms with Crippen molar-refractivity contribution in [3.8, 4) is 0 Å². The van der Waals surface area contributed by atoms with Crippen molar-refractivity contribution in [1.29, 1.82) is 0 Å². The number of anilines is 1. The molecule has 19 heavy (non-hydrogen) atoms. The minimum Gasteiger partial charge on any atom is -0.342 e. The minimum atomic E-state index is -0.408. The van der Waals surface area contributed by atoms with E-state index in [1.165, 1.54) is 0 Å². The van der Waals surface area contributed by atoms with Gasteiger partial charge in [-0.1, -0.05) is 13.8 Å². The van der Waals surface area contributed by atoms with Gasteiger partial charge in [0.05, 0.1) is 0 Å². The lowest BCUT2D eigenvalue weighted by molar-refractivity contribution is -0.134. The Hall–Kier alpha value is -1.11. The van der Waals surface area contributed by atoms with E-state index in [2.05, 4.69) is 27.9 Å². The van der Waals surface area contributed by atoms with Crippen molar-refractivity contribution in [2.24, 2.45) is 0 Å². The number of rotatable bonds is 3. The van der Waals surface area contributed by atoms with Crippen LogP contribution in [0.5, 0.6) is 0 Å². The summed E-state index contributed by atoms with van der Waals surface area (Å²) in [7, 11) is 0. The molecule has 5 heteroatoms. The lowest BCUT2D eigenvalue weighted by Crippen LogP contribution is -2.63. The van der Waals surface area contributed by atoms with E-state index in [-0.39, 0.29) is 11.8 Å². The van der Waals surface area contributed by atoms with Crippen LogP contribution in [0.2, 0.25) is 0 Å². The van der Waals surface area contributed by atoms with Crippen molar-refractivity contribution >= 4 is 40.1 Å². The second kappa shape index (κ2) is 5.90. The predicted molar refractivity (Wildman–Crippen MR) is 82.9 cm³/mol. The molecule has 1 saturated heterocycles. The van der Waals surface area contributed by atoms with Gasteiger partial charge in [0.2, 0.25) is 11.8 Å². The first-order valence-corrected chi connectivity index (χ1v) is 7.55. The van der Waals surface area contributed by atoms with Gasteiger partial charge in [0.25, 0.3) is 0 Å². The molecule has 1 aromatic rings. The van der Waals surface area contributed by atoms with Gasteiger partial charge in [-0.2, -0.15) is 0 Å². The molecule has 1 fully saturated rings. The van der Waals surface area contributed by atoms with Crippen molar-refractivity contribution in [3.63, 3.8) is 0 Å². The highest BCUT2D eigenvalue weighted by atomic mass is 127. The molecule has 0 spiro atoms. The first kappa shape index (κ1) is 14.3. The second-order valence-electron chi connectivity index (χ2n) is 4.58. The fourth-order valence-corrected chi connectivity index (χ4v) is 2.68. The topological polar surface area (TPSA) is 49.4 Å². The van der Waals surface area contributed by atoms with Crippen molar-refractivity contribution < 1.29 is 9.59 Å². The molecule has 0 radical (unpaired) electrons. The molecule has 2 unspecified atom stereocenters. The standard InChI is InChI=1S/C14H17IN2O2/c1-3-11-14(19)17(12(4-2)13(18)16-11)10-7-5-9(15)6-8-10/h5-8,11-12H,3-4H2,1-2H3,(H,16,18). The van der Waals surface area contributed by atoms with E-state index in [4.69, 9.17) is 0 Å². The molecule has 1 aliphatic heterocycles. The van der Waals surface area contributed by atoms with Gasteiger partial charge in [0.15, 0.2) is 0 Å². The summed E-state index contributed by atoms with van der Waals surface area (Å²) in [4.78, 5) is 26.2. The number of amides is 2. The SMILES string of the molecule is CCC1NC(=O)C(CC)N(c2ccc(I)cc2)C1=O. The smallest absolute Gasteiger partial charge is 0.250 e. The highest BCUT2D eigenvalue weighted by Crippen LogP contribution is 2.24. The average Bonchev–Trinajstić information content (AvgIpc) is 2.41. The van der Waals surface area contributed by atoms with Gasteiger partial charge < -0.3 is 5.32 Å². The maximum Gasteiger partial charge on any atom is 0.250 e. The van der Waals surface area contributed by atoms with Gasteiger partial charge >= 0.3 is 0 Å².